The van der Waals surface area contributed by atoms with Crippen molar-refractivity contribution in [3.8, 4) is 89.3 Å². The maximum Gasteiger partial charge on any atom is 0.0754 e. The second-order valence-corrected chi connectivity index (χ2v) is 30.9. The number of hydrogen-bond acceptors (Lipinski definition) is 2. The summed E-state index contributed by atoms with van der Waals surface area (Å²) < 4.78 is 5.11. The Hall–Kier alpha value is -14.8. The molecule has 4 heteroatoms. The molecular weight excluding hydrogens is 1380 g/mol. The highest BCUT2D eigenvalue weighted by molar-refractivity contribution is 6.15. The van der Waals surface area contributed by atoms with Gasteiger partial charge in [-0.3, -0.25) is 0 Å². The minimum absolute atomic E-state index is 0.518. The topological polar surface area (TPSA) is 16.3 Å². The van der Waals surface area contributed by atoms with Crippen LogP contribution in [-0.2, 0) is 10.8 Å². The molecule has 2 aliphatic heterocycles. The van der Waals surface area contributed by atoms with E-state index in [4.69, 9.17) is 0 Å². The molecule has 2 aliphatic carbocycles. The summed E-state index contributed by atoms with van der Waals surface area (Å²) in [6.45, 7) is 0. The number of hydrogen-bond donors (Lipinski definition) is 0. The van der Waals surface area contributed by atoms with Crippen LogP contribution in [0.2, 0.25) is 0 Å². The lowest BCUT2D eigenvalue weighted by Gasteiger charge is -2.39. The zero-order valence-electron chi connectivity index (χ0n) is 62.2. The van der Waals surface area contributed by atoms with Crippen molar-refractivity contribution in [1.29, 1.82) is 0 Å². The van der Waals surface area contributed by atoms with Crippen molar-refractivity contribution in [2.75, 3.05) is 9.80 Å². The van der Waals surface area contributed by atoms with E-state index < -0.39 is 10.8 Å². The Bertz CT molecular complexity index is 7310. The fourth-order valence-corrected chi connectivity index (χ4v) is 20.7. The highest BCUT2D eigenvalue weighted by Gasteiger charge is 2.53. The van der Waals surface area contributed by atoms with Gasteiger partial charge in [0.05, 0.1) is 50.0 Å². The lowest BCUT2D eigenvalue weighted by Crippen LogP contribution is -2.33. The molecule has 0 saturated carbocycles. The monoisotopic (exact) mass is 1450 g/mol. The van der Waals surface area contributed by atoms with E-state index >= 15 is 0 Å². The summed E-state index contributed by atoms with van der Waals surface area (Å²) in [5, 5.41) is 4.98. The van der Waals surface area contributed by atoms with Crippen LogP contribution >= 0.6 is 0 Å². The summed E-state index contributed by atoms with van der Waals surface area (Å²) in [6, 6.07) is 159. The minimum Gasteiger partial charge on any atom is -0.310 e. The second kappa shape index (κ2) is 24.8. The maximum atomic E-state index is 2.58. The molecule has 4 aliphatic rings. The molecule has 20 aromatic rings. The molecule has 2 spiro atoms. The van der Waals surface area contributed by atoms with Crippen molar-refractivity contribution in [3.05, 3.63) is 469 Å². The van der Waals surface area contributed by atoms with Crippen molar-refractivity contribution >= 4 is 77.7 Å². The first-order valence-corrected chi connectivity index (χ1v) is 39.6. The van der Waals surface area contributed by atoms with Crippen molar-refractivity contribution in [3.63, 3.8) is 0 Å². The molecule has 4 nitrogen and oxygen atoms in total. The summed E-state index contributed by atoms with van der Waals surface area (Å²) in [6.07, 6.45) is 0. The SMILES string of the molecule is c1ccc(-c2ccc(N(c3ccc(-c4cccc(N(c5ccc(-c6ccccc6)c(-c6ccccc6)c5)c5ccc6c(c5)-c5ccccc5C65c6ccccc6-n6c7ccccc7c7cccc5c76)c4)cc3)c3ccc4c5cccc6c5n(c4c3)-c3ccccc3C63c4ccccc4-c4ccccc43)c(-c3ccccc3)c2)cc1. The van der Waals surface area contributed by atoms with E-state index in [2.05, 4.69) is 444 Å². The van der Waals surface area contributed by atoms with Crippen LogP contribution in [0.3, 0.4) is 0 Å². The van der Waals surface area contributed by atoms with E-state index in [9.17, 15) is 0 Å². The molecule has 114 heavy (non-hydrogen) atoms. The van der Waals surface area contributed by atoms with Gasteiger partial charge in [-0.15, -0.1) is 0 Å². The fourth-order valence-electron chi connectivity index (χ4n) is 20.7. The van der Waals surface area contributed by atoms with E-state index in [1.807, 2.05) is 0 Å². The predicted octanol–water partition coefficient (Wildman–Crippen LogP) is 28.5. The van der Waals surface area contributed by atoms with E-state index in [0.717, 1.165) is 78.6 Å². The highest BCUT2D eigenvalue weighted by atomic mass is 15.2. The Kier molecular flexibility index (Phi) is 13.9. The molecule has 0 bridgehead atoms. The normalized spacial score (nSPS) is 14.1. The summed E-state index contributed by atoms with van der Waals surface area (Å²) in [5.41, 5.74) is 39.4. The van der Waals surface area contributed by atoms with E-state index in [-0.39, 0.29) is 0 Å². The van der Waals surface area contributed by atoms with Gasteiger partial charge in [-0.2, -0.15) is 0 Å². The summed E-state index contributed by atoms with van der Waals surface area (Å²) >= 11 is 0. The quantitative estimate of drug-likeness (QED) is 0.128. The van der Waals surface area contributed by atoms with Crippen molar-refractivity contribution in [2.24, 2.45) is 0 Å². The van der Waals surface area contributed by atoms with Gasteiger partial charge >= 0.3 is 0 Å². The highest BCUT2D eigenvalue weighted by Crippen LogP contribution is 2.64. The molecule has 1 unspecified atom stereocenters. The van der Waals surface area contributed by atoms with Crippen LogP contribution in [0.25, 0.3) is 133 Å². The number of rotatable bonds is 11. The van der Waals surface area contributed by atoms with Crippen LogP contribution in [-0.4, -0.2) is 9.13 Å². The van der Waals surface area contributed by atoms with Crippen LogP contribution < -0.4 is 9.80 Å². The first-order chi connectivity index (χ1) is 56.6. The first kappa shape index (κ1) is 64.0. The van der Waals surface area contributed by atoms with Crippen LogP contribution in [0.5, 0.6) is 0 Å². The average Bonchev–Trinajstić information content (AvgIpc) is 1.50. The number of para-hydroxylation sites is 5. The molecule has 0 amide bonds. The van der Waals surface area contributed by atoms with Gasteiger partial charge in [-0.25, -0.2) is 0 Å². The summed E-state index contributed by atoms with van der Waals surface area (Å²) in [7, 11) is 0. The minimum atomic E-state index is -0.597. The molecule has 0 fully saturated rings. The van der Waals surface area contributed by atoms with Crippen molar-refractivity contribution in [1.82, 2.24) is 9.13 Å². The molecule has 4 heterocycles. The number of fused-ring (bicyclic) bond motifs is 24. The number of anilines is 6. The zero-order valence-corrected chi connectivity index (χ0v) is 62.2. The molecule has 0 N–H and O–H groups in total. The average molecular weight is 1450 g/mol. The van der Waals surface area contributed by atoms with E-state index in [1.54, 1.807) is 0 Å². The Morgan fingerprint density at radius 2 is 0.561 bits per heavy atom. The maximum absolute atomic E-state index is 2.58. The van der Waals surface area contributed by atoms with Crippen LogP contribution in [0.15, 0.2) is 425 Å². The molecule has 0 saturated heterocycles. The van der Waals surface area contributed by atoms with Crippen molar-refractivity contribution in [2.45, 2.75) is 10.8 Å². The third-order valence-electron chi connectivity index (χ3n) is 25.3. The Labute approximate surface area is 661 Å². The fraction of sp³-hybridized carbons (Fsp3) is 0.0182. The second-order valence-electron chi connectivity index (χ2n) is 30.9. The van der Waals surface area contributed by atoms with E-state index in [1.165, 1.54) is 133 Å². The summed E-state index contributed by atoms with van der Waals surface area (Å²) in [5.74, 6) is 0. The van der Waals surface area contributed by atoms with Gasteiger partial charge in [0.2, 0.25) is 0 Å². The van der Waals surface area contributed by atoms with Crippen LogP contribution in [0, 0.1) is 0 Å². The van der Waals surface area contributed by atoms with Gasteiger partial charge in [-0.1, -0.05) is 334 Å². The Morgan fingerprint density at radius 3 is 1.18 bits per heavy atom. The number of aromatic nitrogens is 2. The van der Waals surface area contributed by atoms with E-state index in [0.29, 0.717) is 0 Å². The third-order valence-corrected chi connectivity index (χ3v) is 25.3. The smallest absolute Gasteiger partial charge is 0.0754 e. The van der Waals surface area contributed by atoms with Gasteiger partial charge < -0.3 is 18.9 Å². The Morgan fingerprint density at radius 1 is 0.175 bits per heavy atom. The molecule has 0 radical (unpaired) electrons. The van der Waals surface area contributed by atoms with Gasteiger partial charge in [-0.05, 0) is 208 Å². The van der Waals surface area contributed by atoms with Gasteiger partial charge in [0.15, 0.2) is 0 Å². The van der Waals surface area contributed by atoms with Gasteiger partial charge in [0, 0.05) is 55.5 Å². The number of nitrogens with zero attached hydrogens (tertiary/aromatic N) is 4. The third kappa shape index (κ3) is 9.05. The standard InChI is InChI=1S/C110H70N4/c1-5-28-71(29-6-1)77-56-65-103(92(67-77)75-34-11-4-12-35-75)112(82-60-63-88-90-43-27-50-101-108(90)114(106(88)70-82)105-53-24-21-48-99(105)109(101)94-44-17-13-38-84(94)85-39-14-18-45-95(85)109)78-57-54-72(55-58-78)76-36-25-37-79(66-76)111(80-59-62-83(73-30-7-2-8-31-73)91(68-80)74-32-9-3-10-33-74)81-61-64-97-93(69-81)86-40-15-19-46-96(86)110(97)98-47-20-23-52-104(98)113-102-51-22-16-41-87(102)89-42-26-49-100(110)107(89)113/h1-70H. The summed E-state index contributed by atoms with van der Waals surface area (Å²) in [4.78, 5) is 4.99. The van der Waals surface area contributed by atoms with Crippen molar-refractivity contribution < 1.29 is 0 Å². The number of benzene rings is 18. The molecular formula is C110H70N4. The van der Waals surface area contributed by atoms with Gasteiger partial charge in [0.25, 0.3) is 0 Å². The molecule has 18 aromatic carbocycles. The lowest BCUT2D eigenvalue weighted by atomic mass is 9.65. The largest absolute Gasteiger partial charge is 0.310 e. The predicted molar refractivity (Wildman–Crippen MR) is 473 cm³/mol. The molecule has 24 rings (SSSR count). The van der Waals surface area contributed by atoms with Crippen LogP contribution in [0.1, 0.15) is 44.5 Å². The first-order valence-electron chi connectivity index (χ1n) is 39.6. The molecule has 530 valence electrons. The Balaban J connectivity index is 0.687. The molecule has 2 aromatic heterocycles. The van der Waals surface area contributed by atoms with Crippen LogP contribution in [0.4, 0.5) is 34.1 Å². The zero-order chi connectivity index (χ0) is 74.7. The lowest BCUT2D eigenvalue weighted by molar-refractivity contribution is 0.748. The van der Waals surface area contributed by atoms with Gasteiger partial charge in [0.1, 0.15) is 0 Å². The molecule has 1 atom stereocenters.